The first-order chi connectivity index (χ1) is 17.6. The SMILES string of the molecule is CCCC(CCC)C(=Cc1ccc(N(c2ccc(C)cc2)c2ccc(C)cc2)cc1)c1ccccc1. The van der Waals surface area contributed by atoms with E-state index >= 15 is 0 Å². The lowest BCUT2D eigenvalue weighted by Gasteiger charge is -2.26. The maximum absolute atomic E-state index is 2.41. The number of benzene rings is 4. The van der Waals surface area contributed by atoms with E-state index in [1.807, 2.05) is 0 Å². The third kappa shape index (κ3) is 6.34. The van der Waals surface area contributed by atoms with E-state index in [1.165, 1.54) is 70.6 Å². The van der Waals surface area contributed by atoms with Crippen LogP contribution in [0.15, 0.2) is 103 Å². The molecule has 0 amide bonds. The lowest BCUT2D eigenvalue weighted by molar-refractivity contribution is 0.545. The standard InChI is InChI=1S/C35H39N/c1-5-10-30(11-6-2)35(31-12-8-7-9-13-31)26-29-18-24-34(25-19-29)36(32-20-14-27(3)15-21-32)33-22-16-28(4)17-23-33/h7-9,12-26,30H,5-6,10-11H2,1-4H3. The summed E-state index contributed by atoms with van der Waals surface area (Å²) in [7, 11) is 0. The molecule has 0 unspecified atom stereocenters. The van der Waals surface area contributed by atoms with Crippen molar-refractivity contribution in [3.05, 3.63) is 125 Å². The molecular formula is C35H39N. The van der Waals surface area contributed by atoms with Gasteiger partial charge < -0.3 is 4.90 Å². The first-order valence-electron chi connectivity index (χ1n) is 13.4. The third-order valence-electron chi connectivity index (χ3n) is 6.88. The van der Waals surface area contributed by atoms with Crippen molar-refractivity contribution < 1.29 is 0 Å². The van der Waals surface area contributed by atoms with Gasteiger partial charge in [-0.3, -0.25) is 0 Å². The van der Waals surface area contributed by atoms with Crippen LogP contribution < -0.4 is 4.90 Å². The quantitative estimate of drug-likeness (QED) is 0.207. The molecule has 4 aromatic carbocycles. The van der Waals surface area contributed by atoms with Gasteiger partial charge in [-0.15, -0.1) is 0 Å². The van der Waals surface area contributed by atoms with Crippen molar-refractivity contribution in [3.63, 3.8) is 0 Å². The highest BCUT2D eigenvalue weighted by molar-refractivity contribution is 5.84. The number of allylic oxidation sites excluding steroid dienone is 1. The molecule has 1 heteroatoms. The fourth-order valence-corrected chi connectivity index (χ4v) is 4.95. The normalized spacial score (nSPS) is 11.6. The molecule has 0 aliphatic carbocycles. The Labute approximate surface area is 218 Å². The zero-order chi connectivity index (χ0) is 25.3. The molecule has 0 bridgehead atoms. The Balaban J connectivity index is 1.73. The average molecular weight is 474 g/mol. The lowest BCUT2D eigenvalue weighted by Crippen LogP contribution is -2.09. The maximum Gasteiger partial charge on any atom is 0.0462 e. The summed E-state index contributed by atoms with van der Waals surface area (Å²) in [4.78, 5) is 2.33. The van der Waals surface area contributed by atoms with Crippen LogP contribution in [0.1, 0.15) is 61.8 Å². The molecule has 1 nitrogen and oxygen atoms in total. The Morgan fingerprint density at radius 1 is 0.611 bits per heavy atom. The molecule has 184 valence electrons. The van der Waals surface area contributed by atoms with Crippen LogP contribution in [-0.2, 0) is 0 Å². The minimum atomic E-state index is 0.582. The van der Waals surface area contributed by atoms with Crippen LogP contribution in [0.5, 0.6) is 0 Å². The number of hydrogen-bond donors (Lipinski definition) is 0. The van der Waals surface area contributed by atoms with E-state index in [2.05, 4.69) is 142 Å². The van der Waals surface area contributed by atoms with Gasteiger partial charge in [0.2, 0.25) is 0 Å². The van der Waals surface area contributed by atoms with Crippen molar-refractivity contribution in [1.29, 1.82) is 0 Å². The minimum Gasteiger partial charge on any atom is -0.311 e. The summed E-state index contributed by atoms with van der Waals surface area (Å²) in [6.07, 6.45) is 7.27. The molecule has 0 heterocycles. The predicted molar refractivity (Wildman–Crippen MR) is 158 cm³/mol. The second-order valence-electron chi connectivity index (χ2n) is 9.84. The molecule has 0 saturated carbocycles. The summed E-state index contributed by atoms with van der Waals surface area (Å²) in [6.45, 7) is 8.86. The number of aryl methyl sites for hydroxylation is 2. The molecule has 0 radical (unpaired) electrons. The smallest absolute Gasteiger partial charge is 0.0462 e. The van der Waals surface area contributed by atoms with Crippen molar-refractivity contribution in [2.24, 2.45) is 5.92 Å². The van der Waals surface area contributed by atoms with Crippen molar-refractivity contribution in [2.45, 2.75) is 53.4 Å². The zero-order valence-corrected chi connectivity index (χ0v) is 22.2. The van der Waals surface area contributed by atoms with Crippen LogP contribution in [0.3, 0.4) is 0 Å². The van der Waals surface area contributed by atoms with E-state index in [0.29, 0.717) is 5.92 Å². The van der Waals surface area contributed by atoms with Gasteiger partial charge in [-0.1, -0.05) is 111 Å². The average Bonchev–Trinajstić information content (AvgIpc) is 2.91. The first kappa shape index (κ1) is 25.5. The molecule has 0 spiro atoms. The fraction of sp³-hybridized carbons (Fsp3) is 0.257. The van der Waals surface area contributed by atoms with Crippen molar-refractivity contribution >= 4 is 28.7 Å². The fourth-order valence-electron chi connectivity index (χ4n) is 4.95. The highest BCUT2D eigenvalue weighted by atomic mass is 15.1. The number of nitrogens with zero attached hydrogens (tertiary/aromatic N) is 1. The van der Waals surface area contributed by atoms with Gasteiger partial charge in [-0.2, -0.15) is 0 Å². The van der Waals surface area contributed by atoms with Crippen LogP contribution in [0.2, 0.25) is 0 Å². The topological polar surface area (TPSA) is 3.24 Å². The molecular weight excluding hydrogens is 434 g/mol. The summed E-state index contributed by atoms with van der Waals surface area (Å²) >= 11 is 0. The highest BCUT2D eigenvalue weighted by Gasteiger charge is 2.16. The third-order valence-corrected chi connectivity index (χ3v) is 6.88. The highest BCUT2D eigenvalue weighted by Crippen LogP contribution is 2.36. The number of anilines is 3. The Morgan fingerprint density at radius 3 is 1.50 bits per heavy atom. The molecule has 36 heavy (non-hydrogen) atoms. The molecule has 0 atom stereocenters. The minimum absolute atomic E-state index is 0.582. The Kier molecular flexibility index (Phi) is 8.79. The van der Waals surface area contributed by atoms with Crippen molar-refractivity contribution in [1.82, 2.24) is 0 Å². The second-order valence-corrected chi connectivity index (χ2v) is 9.84. The maximum atomic E-state index is 2.41. The molecule has 0 saturated heterocycles. The Morgan fingerprint density at radius 2 is 1.06 bits per heavy atom. The van der Waals surface area contributed by atoms with Crippen LogP contribution in [0.4, 0.5) is 17.1 Å². The number of rotatable bonds is 10. The van der Waals surface area contributed by atoms with E-state index in [9.17, 15) is 0 Å². The van der Waals surface area contributed by atoms with E-state index in [4.69, 9.17) is 0 Å². The van der Waals surface area contributed by atoms with E-state index < -0.39 is 0 Å². The zero-order valence-electron chi connectivity index (χ0n) is 22.2. The molecule has 4 aromatic rings. The van der Waals surface area contributed by atoms with Crippen LogP contribution >= 0.6 is 0 Å². The monoisotopic (exact) mass is 473 g/mol. The van der Waals surface area contributed by atoms with Gasteiger partial charge in [0.25, 0.3) is 0 Å². The van der Waals surface area contributed by atoms with Gasteiger partial charge in [0, 0.05) is 17.1 Å². The van der Waals surface area contributed by atoms with Crippen LogP contribution in [0, 0.1) is 19.8 Å². The molecule has 0 N–H and O–H groups in total. The van der Waals surface area contributed by atoms with Crippen LogP contribution in [-0.4, -0.2) is 0 Å². The predicted octanol–water partition coefficient (Wildman–Crippen LogP) is 10.5. The van der Waals surface area contributed by atoms with E-state index in [0.717, 1.165) is 0 Å². The van der Waals surface area contributed by atoms with Gasteiger partial charge >= 0.3 is 0 Å². The van der Waals surface area contributed by atoms with Crippen molar-refractivity contribution in [2.75, 3.05) is 4.90 Å². The summed E-state index contributed by atoms with van der Waals surface area (Å²) < 4.78 is 0. The van der Waals surface area contributed by atoms with Crippen molar-refractivity contribution in [3.8, 4) is 0 Å². The summed E-state index contributed by atoms with van der Waals surface area (Å²) in [6, 6.07) is 37.5. The summed E-state index contributed by atoms with van der Waals surface area (Å²) in [5, 5.41) is 0. The van der Waals surface area contributed by atoms with Crippen LogP contribution in [0.25, 0.3) is 11.6 Å². The molecule has 0 aliphatic rings. The number of hydrogen-bond acceptors (Lipinski definition) is 1. The molecule has 0 fully saturated rings. The van der Waals surface area contributed by atoms with Gasteiger partial charge in [0.05, 0.1) is 0 Å². The Bertz CT molecular complexity index is 1180. The summed E-state index contributed by atoms with van der Waals surface area (Å²) in [5.41, 5.74) is 10.1. The van der Waals surface area contributed by atoms with Gasteiger partial charge in [-0.25, -0.2) is 0 Å². The van der Waals surface area contributed by atoms with E-state index in [-0.39, 0.29) is 0 Å². The Hall–Kier alpha value is -3.58. The largest absolute Gasteiger partial charge is 0.311 e. The van der Waals surface area contributed by atoms with E-state index in [1.54, 1.807) is 0 Å². The molecule has 0 aliphatic heterocycles. The summed E-state index contributed by atoms with van der Waals surface area (Å²) in [5.74, 6) is 0.582. The second kappa shape index (κ2) is 12.4. The first-order valence-corrected chi connectivity index (χ1v) is 13.4. The van der Waals surface area contributed by atoms with Gasteiger partial charge in [0.15, 0.2) is 0 Å². The van der Waals surface area contributed by atoms with Gasteiger partial charge in [-0.05, 0) is 85.7 Å². The lowest BCUT2D eigenvalue weighted by atomic mass is 9.84. The van der Waals surface area contributed by atoms with Gasteiger partial charge in [0.1, 0.15) is 0 Å². The molecule has 4 rings (SSSR count). The molecule has 0 aromatic heterocycles.